The fraction of sp³-hybridized carbons (Fsp3) is 0.857. The van der Waals surface area contributed by atoms with E-state index in [1.807, 2.05) is 6.92 Å². The van der Waals surface area contributed by atoms with Gasteiger partial charge in [0.05, 0.1) is 13.0 Å². The molecule has 1 aliphatic heterocycles. The molecule has 1 heterocycles. The highest BCUT2D eigenvalue weighted by molar-refractivity contribution is 5.85. The van der Waals surface area contributed by atoms with Crippen LogP contribution in [-0.2, 0) is 19.1 Å². The van der Waals surface area contributed by atoms with Gasteiger partial charge in [-0.1, -0.05) is 0 Å². The summed E-state index contributed by atoms with van der Waals surface area (Å²) in [5.41, 5.74) is -0.654. The van der Waals surface area contributed by atoms with Crippen molar-refractivity contribution in [2.45, 2.75) is 57.1 Å². The average molecular weight is 269 g/mol. The number of amides is 1. The zero-order valence-corrected chi connectivity index (χ0v) is 11.7. The van der Waals surface area contributed by atoms with Crippen LogP contribution in [0.15, 0.2) is 0 Å². The second kappa shape index (κ2) is 5.90. The molecule has 2 rings (SSSR count). The van der Waals surface area contributed by atoms with E-state index in [1.165, 1.54) is 7.11 Å². The third-order valence-electron chi connectivity index (χ3n) is 4.30. The SMILES string of the molecule is COC(=O)C1CCC(NC(=O)C2(C)CCCO2)CC1. The van der Waals surface area contributed by atoms with Crippen molar-refractivity contribution in [3.05, 3.63) is 0 Å². The molecule has 2 fully saturated rings. The molecule has 5 heteroatoms. The first-order valence-corrected chi connectivity index (χ1v) is 7.08. The van der Waals surface area contributed by atoms with E-state index in [1.54, 1.807) is 0 Å². The van der Waals surface area contributed by atoms with Crippen molar-refractivity contribution >= 4 is 11.9 Å². The van der Waals surface area contributed by atoms with Crippen LogP contribution in [-0.4, -0.2) is 37.2 Å². The molecule has 108 valence electrons. The first kappa shape index (κ1) is 14.3. The van der Waals surface area contributed by atoms with Crippen LogP contribution in [0.2, 0.25) is 0 Å². The Labute approximate surface area is 114 Å². The minimum absolute atomic E-state index is 0.00327. The molecule has 19 heavy (non-hydrogen) atoms. The largest absolute Gasteiger partial charge is 0.469 e. The number of carbonyl (C=O) groups excluding carboxylic acids is 2. The summed E-state index contributed by atoms with van der Waals surface area (Å²) >= 11 is 0. The van der Waals surface area contributed by atoms with Gasteiger partial charge in [0.2, 0.25) is 0 Å². The maximum absolute atomic E-state index is 12.2. The Balaban J connectivity index is 1.79. The van der Waals surface area contributed by atoms with E-state index in [2.05, 4.69) is 5.32 Å². The van der Waals surface area contributed by atoms with Crippen molar-refractivity contribution in [3.63, 3.8) is 0 Å². The van der Waals surface area contributed by atoms with Gasteiger partial charge < -0.3 is 14.8 Å². The van der Waals surface area contributed by atoms with Crippen LogP contribution in [0.3, 0.4) is 0 Å². The number of rotatable bonds is 3. The molecule has 2 aliphatic rings. The molecule has 0 aromatic heterocycles. The number of methoxy groups -OCH3 is 1. The lowest BCUT2D eigenvalue weighted by molar-refractivity contribution is -0.146. The van der Waals surface area contributed by atoms with Gasteiger partial charge in [-0.3, -0.25) is 9.59 Å². The van der Waals surface area contributed by atoms with Crippen LogP contribution < -0.4 is 5.32 Å². The molecule has 1 N–H and O–H groups in total. The second-order valence-corrected chi connectivity index (χ2v) is 5.73. The van der Waals surface area contributed by atoms with Crippen molar-refractivity contribution in [1.82, 2.24) is 5.32 Å². The van der Waals surface area contributed by atoms with Crippen molar-refractivity contribution < 1.29 is 19.1 Å². The van der Waals surface area contributed by atoms with Crippen LogP contribution >= 0.6 is 0 Å². The van der Waals surface area contributed by atoms with Crippen molar-refractivity contribution in [3.8, 4) is 0 Å². The summed E-state index contributed by atoms with van der Waals surface area (Å²) in [6.45, 7) is 2.52. The lowest BCUT2D eigenvalue weighted by Gasteiger charge is -2.30. The molecule has 1 amide bonds. The highest BCUT2D eigenvalue weighted by Crippen LogP contribution is 2.28. The molecular formula is C14H23NO4. The van der Waals surface area contributed by atoms with E-state index in [0.717, 1.165) is 38.5 Å². The van der Waals surface area contributed by atoms with E-state index in [4.69, 9.17) is 9.47 Å². The molecule has 0 aromatic carbocycles. The van der Waals surface area contributed by atoms with E-state index in [0.29, 0.717) is 6.61 Å². The second-order valence-electron chi connectivity index (χ2n) is 5.73. The standard InChI is InChI=1S/C14H23NO4/c1-14(8-3-9-19-14)13(17)15-11-6-4-10(5-7-11)12(16)18-2/h10-11H,3-9H2,1-2H3,(H,15,17). The number of esters is 1. The van der Waals surface area contributed by atoms with E-state index in [-0.39, 0.29) is 23.8 Å². The van der Waals surface area contributed by atoms with Crippen LogP contribution in [0.25, 0.3) is 0 Å². The smallest absolute Gasteiger partial charge is 0.308 e. The number of hydrogen-bond donors (Lipinski definition) is 1. The third-order valence-corrected chi connectivity index (χ3v) is 4.30. The first-order valence-electron chi connectivity index (χ1n) is 7.08. The van der Waals surface area contributed by atoms with Crippen LogP contribution in [0.4, 0.5) is 0 Å². The van der Waals surface area contributed by atoms with E-state index >= 15 is 0 Å². The van der Waals surface area contributed by atoms with E-state index < -0.39 is 5.60 Å². The van der Waals surface area contributed by atoms with Gasteiger partial charge in [-0.25, -0.2) is 0 Å². The van der Waals surface area contributed by atoms with Gasteiger partial charge in [-0.05, 0) is 45.4 Å². The summed E-state index contributed by atoms with van der Waals surface area (Å²) in [5, 5.41) is 3.06. The van der Waals surface area contributed by atoms with Gasteiger partial charge in [0.1, 0.15) is 5.60 Å². The quantitative estimate of drug-likeness (QED) is 0.787. The molecule has 0 aromatic rings. The maximum atomic E-state index is 12.2. The van der Waals surface area contributed by atoms with Crippen molar-refractivity contribution in [1.29, 1.82) is 0 Å². The lowest BCUT2D eigenvalue weighted by atomic mass is 9.85. The molecule has 0 radical (unpaired) electrons. The fourth-order valence-corrected chi connectivity index (χ4v) is 2.94. The number of carbonyl (C=O) groups is 2. The minimum atomic E-state index is -0.654. The summed E-state index contributed by atoms with van der Waals surface area (Å²) < 4.78 is 10.3. The Kier molecular flexibility index (Phi) is 4.45. The molecule has 1 unspecified atom stereocenters. The predicted molar refractivity (Wildman–Crippen MR) is 69.5 cm³/mol. The van der Waals surface area contributed by atoms with Crippen LogP contribution in [0.5, 0.6) is 0 Å². The predicted octanol–water partition coefficient (Wildman–Crippen LogP) is 1.40. The summed E-state index contributed by atoms with van der Waals surface area (Å²) in [6, 6.07) is 0.162. The van der Waals surface area contributed by atoms with Gasteiger partial charge in [0.25, 0.3) is 5.91 Å². The first-order chi connectivity index (χ1) is 9.05. The lowest BCUT2D eigenvalue weighted by Crippen LogP contribution is -2.49. The zero-order chi connectivity index (χ0) is 13.9. The zero-order valence-electron chi connectivity index (χ0n) is 11.7. The van der Waals surface area contributed by atoms with Gasteiger partial charge in [-0.2, -0.15) is 0 Å². The Morgan fingerprint density at radius 1 is 1.26 bits per heavy atom. The Hall–Kier alpha value is -1.10. The van der Waals surface area contributed by atoms with Crippen molar-refractivity contribution in [2.75, 3.05) is 13.7 Å². The van der Waals surface area contributed by atoms with Gasteiger partial charge in [-0.15, -0.1) is 0 Å². The topological polar surface area (TPSA) is 64.6 Å². The molecule has 1 saturated heterocycles. The molecule has 0 spiro atoms. The fourth-order valence-electron chi connectivity index (χ4n) is 2.94. The average Bonchev–Trinajstić information content (AvgIpc) is 2.87. The molecule has 1 aliphatic carbocycles. The molecular weight excluding hydrogens is 246 g/mol. The van der Waals surface area contributed by atoms with Crippen LogP contribution in [0, 0.1) is 5.92 Å². The maximum Gasteiger partial charge on any atom is 0.308 e. The Bertz CT molecular complexity index is 341. The molecule has 0 bridgehead atoms. The summed E-state index contributed by atoms with van der Waals surface area (Å²) in [6.07, 6.45) is 4.98. The molecule has 1 atom stereocenters. The summed E-state index contributed by atoms with van der Waals surface area (Å²) in [7, 11) is 1.43. The van der Waals surface area contributed by atoms with Gasteiger partial charge >= 0.3 is 5.97 Å². The van der Waals surface area contributed by atoms with Gasteiger partial charge in [0, 0.05) is 12.6 Å². The summed E-state index contributed by atoms with van der Waals surface area (Å²) in [4.78, 5) is 23.6. The van der Waals surface area contributed by atoms with Crippen LogP contribution in [0.1, 0.15) is 45.4 Å². The highest BCUT2D eigenvalue weighted by Gasteiger charge is 2.39. The minimum Gasteiger partial charge on any atom is -0.469 e. The Morgan fingerprint density at radius 2 is 1.95 bits per heavy atom. The molecule has 1 saturated carbocycles. The Morgan fingerprint density at radius 3 is 2.47 bits per heavy atom. The molecule has 5 nitrogen and oxygen atoms in total. The van der Waals surface area contributed by atoms with Gasteiger partial charge in [0.15, 0.2) is 0 Å². The normalized spacial score (nSPS) is 34.8. The number of nitrogens with one attached hydrogen (secondary N) is 1. The number of hydrogen-bond acceptors (Lipinski definition) is 4. The van der Waals surface area contributed by atoms with Crippen molar-refractivity contribution in [2.24, 2.45) is 5.92 Å². The number of ether oxygens (including phenoxy) is 2. The third kappa shape index (κ3) is 3.26. The summed E-state index contributed by atoms with van der Waals surface area (Å²) in [5.74, 6) is -0.140. The monoisotopic (exact) mass is 269 g/mol. The van der Waals surface area contributed by atoms with E-state index in [9.17, 15) is 9.59 Å². The highest BCUT2D eigenvalue weighted by atomic mass is 16.5.